The van der Waals surface area contributed by atoms with Gasteiger partial charge in [-0.1, -0.05) is 89.7 Å². The molecule has 0 bridgehead atoms. The van der Waals surface area contributed by atoms with E-state index in [2.05, 4.69) is 13.0 Å². The number of hydrogen-bond donors (Lipinski definition) is 2. The first-order valence-corrected chi connectivity index (χ1v) is 11.1. The summed E-state index contributed by atoms with van der Waals surface area (Å²) < 4.78 is 0. The predicted octanol–water partition coefficient (Wildman–Crippen LogP) is 7.43. The van der Waals surface area contributed by atoms with Crippen molar-refractivity contribution in [3.05, 3.63) is 29.8 Å². The second-order valence-electron chi connectivity index (χ2n) is 7.90. The Morgan fingerprint density at radius 2 is 1.41 bits per heavy atom. The molecule has 1 unspecified atom stereocenters. The summed E-state index contributed by atoms with van der Waals surface area (Å²) in [7, 11) is 0. The SMILES string of the molecule is CCCCCCC(CCCCCCCCCCC(=O)O)c1cccc(O)c1. The Hall–Kier alpha value is -1.51. The molecule has 0 aromatic heterocycles. The Kier molecular flexibility index (Phi) is 13.5. The van der Waals surface area contributed by atoms with Gasteiger partial charge in [-0.3, -0.25) is 4.79 Å². The van der Waals surface area contributed by atoms with Crippen LogP contribution in [0.3, 0.4) is 0 Å². The van der Waals surface area contributed by atoms with Gasteiger partial charge in [-0.2, -0.15) is 0 Å². The van der Waals surface area contributed by atoms with Crippen molar-refractivity contribution in [1.29, 1.82) is 0 Å². The summed E-state index contributed by atoms with van der Waals surface area (Å²) in [6.45, 7) is 2.25. The van der Waals surface area contributed by atoms with Crippen molar-refractivity contribution in [3.8, 4) is 5.75 Å². The van der Waals surface area contributed by atoms with E-state index >= 15 is 0 Å². The first kappa shape index (κ1) is 23.5. The molecule has 1 atom stereocenters. The Labute approximate surface area is 166 Å². The maximum Gasteiger partial charge on any atom is 0.303 e. The minimum Gasteiger partial charge on any atom is -0.508 e. The number of unbranched alkanes of at least 4 members (excludes halogenated alkanes) is 10. The second-order valence-corrected chi connectivity index (χ2v) is 7.90. The molecule has 0 saturated heterocycles. The highest BCUT2D eigenvalue weighted by Crippen LogP contribution is 2.30. The average molecular weight is 377 g/mol. The van der Waals surface area contributed by atoms with Crippen LogP contribution in [0.2, 0.25) is 0 Å². The normalized spacial score (nSPS) is 12.2. The number of aliphatic carboxylic acids is 1. The molecule has 3 nitrogen and oxygen atoms in total. The molecule has 154 valence electrons. The van der Waals surface area contributed by atoms with E-state index in [1.807, 2.05) is 12.1 Å². The fourth-order valence-electron chi connectivity index (χ4n) is 3.80. The largest absolute Gasteiger partial charge is 0.508 e. The molecule has 0 radical (unpaired) electrons. The third-order valence-electron chi connectivity index (χ3n) is 5.44. The third kappa shape index (κ3) is 12.5. The van der Waals surface area contributed by atoms with Crippen molar-refractivity contribution in [2.45, 2.75) is 109 Å². The van der Waals surface area contributed by atoms with Gasteiger partial charge in [0.25, 0.3) is 0 Å². The number of carboxylic acids is 1. The number of carboxylic acid groups (broad SMARTS) is 1. The van der Waals surface area contributed by atoms with E-state index < -0.39 is 5.97 Å². The van der Waals surface area contributed by atoms with Crippen LogP contribution in [-0.4, -0.2) is 16.2 Å². The first-order valence-electron chi connectivity index (χ1n) is 11.1. The molecule has 27 heavy (non-hydrogen) atoms. The van der Waals surface area contributed by atoms with Crippen LogP contribution in [0.5, 0.6) is 5.75 Å². The Morgan fingerprint density at radius 3 is 1.96 bits per heavy atom. The van der Waals surface area contributed by atoms with Gasteiger partial charge in [0, 0.05) is 6.42 Å². The molecule has 1 aromatic carbocycles. The molecule has 0 amide bonds. The summed E-state index contributed by atoms with van der Waals surface area (Å²) >= 11 is 0. The molecule has 0 aliphatic rings. The van der Waals surface area contributed by atoms with Crippen LogP contribution >= 0.6 is 0 Å². The van der Waals surface area contributed by atoms with Gasteiger partial charge in [0.05, 0.1) is 0 Å². The number of phenols is 1. The number of benzene rings is 1. The van der Waals surface area contributed by atoms with Gasteiger partial charge >= 0.3 is 5.97 Å². The number of rotatable bonds is 17. The van der Waals surface area contributed by atoms with Crippen molar-refractivity contribution < 1.29 is 15.0 Å². The molecule has 1 rings (SSSR count). The van der Waals surface area contributed by atoms with Crippen LogP contribution < -0.4 is 0 Å². The molecule has 0 saturated carbocycles. The van der Waals surface area contributed by atoms with Gasteiger partial charge in [0.15, 0.2) is 0 Å². The van der Waals surface area contributed by atoms with Gasteiger partial charge in [-0.05, 0) is 42.9 Å². The minimum atomic E-state index is -0.675. The summed E-state index contributed by atoms with van der Waals surface area (Å²) in [5.41, 5.74) is 1.30. The van der Waals surface area contributed by atoms with E-state index in [1.165, 1.54) is 76.2 Å². The summed E-state index contributed by atoms with van der Waals surface area (Å²) in [6.07, 6.45) is 17.3. The van der Waals surface area contributed by atoms with Gasteiger partial charge in [-0.15, -0.1) is 0 Å². The average Bonchev–Trinajstić information content (AvgIpc) is 2.64. The number of aromatic hydroxyl groups is 1. The standard InChI is InChI=1S/C24H40O3/c1-2-3-4-11-15-21(22-17-14-18-23(25)20-22)16-12-9-7-5-6-8-10-13-19-24(26)27/h14,17-18,20-21,25H,2-13,15-16,19H2,1H3,(H,26,27). The van der Waals surface area contributed by atoms with Crippen LogP contribution in [0.25, 0.3) is 0 Å². The minimum absolute atomic E-state index is 0.314. The Bertz CT molecular complexity index is 498. The Balaban J connectivity index is 2.20. The predicted molar refractivity (Wildman–Crippen MR) is 113 cm³/mol. The quantitative estimate of drug-likeness (QED) is 0.278. The van der Waals surface area contributed by atoms with E-state index in [1.54, 1.807) is 6.07 Å². The number of hydrogen-bond acceptors (Lipinski definition) is 2. The third-order valence-corrected chi connectivity index (χ3v) is 5.44. The zero-order chi connectivity index (χ0) is 19.7. The van der Waals surface area contributed by atoms with Crippen molar-refractivity contribution in [3.63, 3.8) is 0 Å². The molecule has 2 N–H and O–H groups in total. The van der Waals surface area contributed by atoms with Crippen LogP contribution in [0.15, 0.2) is 24.3 Å². The van der Waals surface area contributed by atoms with Crippen molar-refractivity contribution in [2.75, 3.05) is 0 Å². The molecular formula is C24H40O3. The zero-order valence-electron chi connectivity index (χ0n) is 17.3. The van der Waals surface area contributed by atoms with Gasteiger partial charge < -0.3 is 10.2 Å². The highest BCUT2D eigenvalue weighted by molar-refractivity contribution is 5.66. The smallest absolute Gasteiger partial charge is 0.303 e. The molecular weight excluding hydrogens is 336 g/mol. The van der Waals surface area contributed by atoms with E-state index in [0.717, 1.165) is 19.3 Å². The van der Waals surface area contributed by atoms with Crippen LogP contribution in [0.1, 0.15) is 115 Å². The summed E-state index contributed by atoms with van der Waals surface area (Å²) in [6, 6.07) is 7.84. The fraction of sp³-hybridized carbons (Fsp3) is 0.708. The summed E-state index contributed by atoms with van der Waals surface area (Å²) in [5.74, 6) is 0.282. The first-order chi connectivity index (χ1) is 13.1. The van der Waals surface area contributed by atoms with E-state index in [9.17, 15) is 9.90 Å². The van der Waals surface area contributed by atoms with E-state index in [0.29, 0.717) is 18.1 Å². The highest BCUT2D eigenvalue weighted by atomic mass is 16.4. The summed E-state index contributed by atoms with van der Waals surface area (Å²) in [5, 5.41) is 18.4. The molecule has 3 heteroatoms. The van der Waals surface area contributed by atoms with E-state index in [4.69, 9.17) is 5.11 Å². The van der Waals surface area contributed by atoms with Crippen LogP contribution in [0, 0.1) is 0 Å². The van der Waals surface area contributed by atoms with Gasteiger partial charge in [-0.25, -0.2) is 0 Å². The summed E-state index contributed by atoms with van der Waals surface area (Å²) in [4.78, 5) is 10.5. The topological polar surface area (TPSA) is 57.5 Å². The molecule has 0 heterocycles. The van der Waals surface area contributed by atoms with Crippen molar-refractivity contribution in [2.24, 2.45) is 0 Å². The number of carbonyl (C=O) groups is 1. The van der Waals surface area contributed by atoms with Gasteiger partial charge in [0.1, 0.15) is 5.75 Å². The monoisotopic (exact) mass is 376 g/mol. The van der Waals surface area contributed by atoms with Gasteiger partial charge in [0.2, 0.25) is 0 Å². The van der Waals surface area contributed by atoms with Crippen LogP contribution in [-0.2, 0) is 4.79 Å². The lowest BCUT2D eigenvalue weighted by Gasteiger charge is -2.18. The zero-order valence-corrected chi connectivity index (χ0v) is 17.3. The lowest BCUT2D eigenvalue weighted by molar-refractivity contribution is -0.137. The Morgan fingerprint density at radius 1 is 0.852 bits per heavy atom. The maximum absolute atomic E-state index is 10.5. The molecule has 0 fully saturated rings. The van der Waals surface area contributed by atoms with E-state index in [-0.39, 0.29) is 0 Å². The van der Waals surface area contributed by atoms with Crippen LogP contribution in [0.4, 0.5) is 0 Å². The molecule has 0 aliphatic heterocycles. The second kappa shape index (κ2) is 15.5. The van der Waals surface area contributed by atoms with Crippen molar-refractivity contribution in [1.82, 2.24) is 0 Å². The lowest BCUT2D eigenvalue weighted by Crippen LogP contribution is -2.00. The van der Waals surface area contributed by atoms with Crippen molar-refractivity contribution >= 4 is 5.97 Å². The number of phenolic OH excluding ortho intramolecular Hbond substituents is 1. The molecule has 0 aliphatic carbocycles. The highest BCUT2D eigenvalue weighted by Gasteiger charge is 2.12. The molecule has 0 spiro atoms. The molecule has 1 aromatic rings. The lowest BCUT2D eigenvalue weighted by atomic mass is 9.88. The fourth-order valence-corrected chi connectivity index (χ4v) is 3.80. The maximum atomic E-state index is 10.5.